The Morgan fingerprint density at radius 3 is 2.48 bits per heavy atom. The van der Waals surface area contributed by atoms with Gasteiger partial charge in [0.25, 0.3) is 5.89 Å². The second-order valence-corrected chi connectivity index (χ2v) is 4.89. The third kappa shape index (κ3) is 3.33. The van der Waals surface area contributed by atoms with Crippen LogP contribution < -0.4 is 10.5 Å². The summed E-state index contributed by atoms with van der Waals surface area (Å²) in [6, 6.07) is 4.96. The van der Waals surface area contributed by atoms with E-state index >= 15 is 0 Å². The van der Waals surface area contributed by atoms with Crippen LogP contribution in [0.4, 0.5) is 13.2 Å². The molecule has 5 nitrogen and oxygen atoms in total. The van der Waals surface area contributed by atoms with Crippen LogP contribution in [0.5, 0.6) is 5.75 Å². The van der Waals surface area contributed by atoms with Crippen molar-refractivity contribution in [1.82, 2.24) is 10.1 Å². The summed E-state index contributed by atoms with van der Waals surface area (Å²) in [5, 5.41) is 3.81. The first-order chi connectivity index (χ1) is 9.92. The zero-order valence-corrected chi connectivity index (χ0v) is 10.8. The first-order valence-electron chi connectivity index (χ1n) is 6.38. The van der Waals surface area contributed by atoms with E-state index in [0.29, 0.717) is 17.3 Å². The van der Waals surface area contributed by atoms with Crippen molar-refractivity contribution in [2.45, 2.75) is 25.2 Å². The summed E-state index contributed by atoms with van der Waals surface area (Å²) < 4.78 is 45.1. The fourth-order valence-electron chi connectivity index (χ4n) is 1.95. The summed E-state index contributed by atoms with van der Waals surface area (Å²) >= 11 is 0. The van der Waals surface area contributed by atoms with Gasteiger partial charge in [-0.1, -0.05) is 5.16 Å². The van der Waals surface area contributed by atoms with Gasteiger partial charge in [-0.25, -0.2) is 0 Å². The van der Waals surface area contributed by atoms with Crippen LogP contribution in [0.15, 0.2) is 28.8 Å². The number of hydrogen-bond donors (Lipinski definition) is 1. The molecule has 1 aliphatic carbocycles. The van der Waals surface area contributed by atoms with Crippen molar-refractivity contribution in [3.8, 4) is 17.2 Å². The molecule has 1 saturated carbocycles. The third-order valence-corrected chi connectivity index (χ3v) is 3.20. The zero-order chi connectivity index (χ0) is 15.0. The summed E-state index contributed by atoms with van der Waals surface area (Å²) in [4.78, 5) is 4.18. The second-order valence-electron chi connectivity index (χ2n) is 4.89. The van der Waals surface area contributed by atoms with E-state index in [-0.39, 0.29) is 17.7 Å². The Labute approximate surface area is 117 Å². The van der Waals surface area contributed by atoms with E-state index in [1.807, 2.05) is 0 Å². The molecule has 0 radical (unpaired) electrons. The average molecular weight is 299 g/mol. The Morgan fingerprint density at radius 1 is 1.24 bits per heavy atom. The van der Waals surface area contributed by atoms with Gasteiger partial charge in [0.15, 0.2) is 5.82 Å². The van der Waals surface area contributed by atoms with Crippen molar-refractivity contribution in [2.75, 3.05) is 0 Å². The predicted molar refractivity (Wildman–Crippen MR) is 66.1 cm³/mol. The summed E-state index contributed by atoms with van der Waals surface area (Å²) in [6.07, 6.45) is -2.61. The molecule has 0 amide bonds. The molecule has 1 aromatic carbocycles. The minimum atomic E-state index is -4.71. The van der Waals surface area contributed by atoms with Crippen LogP contribution in [0.2, 0.25) is 0 Å². The summed E-state index contributed by atoms with van der Waals surface area (Å²) in [5.41, 5.74) is 6.46. The molecule has 1 aliphatic rings. The molecule has 2 N–H and O–H groups in total. The van der Waals surface area contributed by atoms with Crippen LogP contribution >= 0.6 is 0 Å². The molecule has 2 aromatic rings. The molecule has 0 bridgehead atoms. The van der Waals surface area contributed by atoms with E-state index in [1.54, 1.807) is 0 Å². The average Bonchev–Trinajstić information content (AvgIpc) is 3.15. The largest absolute Gasteiger partial charge is 0.573 e. The fourth-order valence-corrected chi connectivity index (χ4v) is 1.95. The zero-order valence-electron chi connectivity index (χ0n) is 10.8. The van der Waals surface area contributed by atoms with Crippen LogP contribution in [0.25, 0.3) is 11.5 Å². The number of rotatable bonds is 4. The number of alkyl halides is 3. The molecule has 21 heavy (non-hydrogen) atoms. The fraction of sp³-hybridized carbons (Fsp3) is 0.385. The van der Waals surface area contributed by atoms with Crippen molar-refractivity contribution in [3.63, 3.8) is 0 Å². The smallest absolute Gasteiger partial charge is 0.406 e. The minimum absolute atomic E-state index is 0.222. The molecule has 8 heteroatoms. The van der Waals surface area contributed by atoms with Crippen LogP contribution in [-0.4, -0.2) is 16.5 Å². The van der Waals surface area contributed by atoms with Crippen LogP contribution in [0.1, 0.15) is 24.7 Å². The van der Waals surface area contributed by atoms with Crippen molar-refractivity contribution in [1.29, 1.82) is 0 Å². The van der Waals surface area contributed by atoms with Gasteiger partial charge in [-0.15, -0.1) is 13.2 Å². The van der Waals surface area contributed by atoms with E-state index in [0.717, 1.165) is 12.8 Å². The second kappa shape index (κ2) is 5.03. The molecule has 112 valence electrons. The molecule has 1 unspecified atom stereocenters. The molecular weight excluding hydrogens is 287 g/mol. The Bertz CT molecular complexity index is 620. The van der Waals surface area contributed by atoms with Gasteiger partial charge in [0.2, 0.25) is 0 Å². The summed E-state index contributed by atoms with van der Waals surface area (Å²) in [5.74, 6) is 0.724. The number of hydrogen-bond acceptors (Lipinski definition) is 5. The highest BCUT2D eigenvalue weighted by Gasteiger charge is 2.33. The molecule has 1 fully saturated rings. The van der Waals surface area contributed by atoms with E-state index in [1.165, 1.54) is 24.3 Å². The van der Waals surface area contributed by atoms with Gasteiger partial charge in [-0.2, -0.15) is 4.98 Å². The third-order valence-electron chi connectivity index (χ3n) is 3.20. The van der Waals surface area contributed by atoms with Crippen LogP contribution in [0.3, 0.4) is 0 Å². The van der Waals surface area contributed by atoms with Gasteiger partial charge in [0.1, 0.15) is 5.75 Å². The topological polar surface area (TPSA) is 74.2 Å². The molecule has 0 saturated heterocycles. The highest BCUT2D eigenvalue weighted by Crippen LogP contribution is 2.38. The molecule has 0 aliphatic heterocycles. The maximum atomic E-state index is 12.1. The first kappa shape index (κ1) is 13.9. The Hall–Kier alpha value is -2.09. The van der Waals surface area contributed by atoms with E-state index in [9.17, 15) is 13.2 Å². The van der Waals surface area contributed by atoms with E-state index in [2.05, 4.69) is 14.9 Å². The maximum absolute atomic E-state index is 12.1. The summed E-state index contributed by atoms with van der Waals surface area (Å²) in [6.45, 7) is 0. The van der Waals surface area contributed by atoms with Crippen molar-refractivity contribution < 1.29 is 22.4 Å². The monoisotopic (exact) mass is 299 g/mol. The Kier molecular flexibility index (Phi) is 3.32. The van der Waals surface area contributed by atoms with E-state index < -0.39 is 6.36 Å². The standard InChI is InChI=1S/C13H12F3N3O2/c14-13(15,16)20-9-5-3-8(4-6-9)12-18-11(19-21-12)10(17)7-1-2-7/h3-7,10H,1-2,17H2. The predicted octanol–water partition coefficient (Wildman–Crippen LogP) is 3.05. The number of ether oxygens (including phenoxy) is 1. The van der Waals surface area contributed by atoms with Crippen LogP contribution in [-0.2, 0) is 0 Å². The highest BCUT2D eigenvalue weighted by atomic mass is 19.4. The van der Waals surface area contributed by atoms with Crippen molar-refractivity contribution in [3.05, 3.63) is 30.1 Å². The quantitative estimate of drug-likeness (QED) is 0.939. The van der Waals surface area contributed by atoms with Crippen molar-refractivity contribution >= 4 is 0 Å². The molecule has 1 heterocycles. The lowest BCUT2D eigenvalue weighted by molar-refractivity contribution is -0.274. The SMILES string of the molecule is NC(c1noc(-c2ccc(OC(F)(F)F)cc2)n1)C1CC1. The van der Waals surface area contributed by atoms with Gasteiger partial charge in [0, 0.05) is 5.56 Å². The summed E-state index contributed by atoms with van der Waals surface area (Å²) in [7, 11) is 0. The molecule has 1 aromatic heterocycles. The maximum Gasteiger partial charge on any atom is 0.573 e. The molecular formula is C13H12F3N3O2. The minimum Gasteiger partial charge on any atom is -0.406 e. The lowest BCUT2D eigenvalue weighted by Gasteiger charge is -2.08. The Morgan fingerprint density at radius 2 is 1.90 bits per heavy atom. The lowest BCUT2D eigenvalue weighted by Crippen LogP contribution is -2.16. The van der Waals surface area contributed by atoms with Crippen molar-refractivity contribution in [2.24, 2.45) is 11.7 Å². The molecule has 0 spiro atoms. The van der Waals surface area contributed by atoms with Crippen LogP contribution in [0, 0.1) is 5.92 Å². The number of aromatic nitrogens is 2. The van der Waals surface area contributed by atoms with E-state index in [4.69, 9.17) is 10.3 Å². The normalized spacial score (nSPS) is 16.8. The molecule has 3 rings (SSSR count). The Balaban J connectivity index is 1.74. The number of halogens is 3. The van der Waals surface area contributed by atoms with Gasteiger partial charge < -0.3 is 15.0 Å². The molecule has 1 atom stereocenters. The number of nitrogens with two attached hydrogens (primary N) is 1. The lowest BCUT2D eigenvalue weighted by atomic mass is 10.2. The van der Waals surface area contributed by atoms with Gasteiger partial charge in [-0.05, 0) is 43.0 Å². The highest BCUT2D eigenvalue weighted by molar-refractivity contribution is 5.54. The van der Waals surface area contributed by atoms with Gasteiger partial charge >= 0.3 is 6.36 Å². The van der Waals surface area contributed by atoms with Gasteiger partial charge in [-0.3, -0.25) is 0 Å². The first-order valence-corrected chi connectivity index (χ1v) is 6.38. The number of benzene rings is 1. The van der Waals surface area contributed by atoms with Gasteiger partial charge in [0.05, 0.1) is 6.04 Å². The number of nitrogens with zero attached hydrogens (tertiary/aromatic N) is 2.